The van der Waals surface area contributed by atoms with Crippen molar-refractivity contribution >= 4 is 24.4 Å². The van der Waals surface area contributed by atoms with Crippen LogP contribution in [-0.2, 0) is 4.74 Å². The van der Waals surface area contributed by atoms with Crippen LogP contribution >= 0.6 is 12.2 Å². The maximum Gasteiger partial charge on any atom is 0.337 e. The van der Waals surface area contributed by atoms with Gasteiger partial charge in [0.25, 0.3) is 0 Å². The van der Waals surface area contributed by atoms with Gasteiger partial charge in [-0.05, 0) is 42.0 Å². The number of esters is 1. The van der Waals surface area contributed by atoms with Gasteiger partial charge >= 0.3 is 5.97 Å². The SMILES string of the molecule is COC(=O)c1ccc(C=Nn2c(-c3cccc(OC)c3)n[nH]c2=S)cc1. The Morgan fingerprint density at radius 2 is 2.00 bits per heavy atom. The number of methoxy groups -OCH3 is 2. The first-order chi connectivity index (χ1) is 12.6. The molecule has 7 nitrogen and oxygen atoms in total. The topological polar surface area (TPSA) is 81.5 Å². The van der Waals surface area contributed by atoms with Gasteiger partial charge in [-0.1, -0.05) is 24.3 Å². The summed E-state index contributed by atoms with van der Waals surface area (Å²) >= 11 is 5.26. The lowest BCUT2D eigenvalue weighted by Crippen LogP contribution is -2.01. The number of hydrogen-bond acceptors (Lipinski definition) is 6. The molecular formula is C18H16N4O3S. The van der Waals surface area contributed by atoms with Crippen molar-refractivity contribution < 1.29 is 14.3 Å². The summed E-state index contributed by atoms with van der Waals surface area (Å²) in [4.78, 5) is 11.5. The van der Waals surface area contributed by atoms with Gasteiger partial charge in [0.05, 0.1) is 26.0 Å². The molecule has 0 unspecified atom stereocenters. The largest absolute Gasteiger partial charge is 0.497 e. The minimum atomic E-state index is -0.383. The average molecular weight is 368 g/mol. The van der Waals surface area contributed by atoms with E-state index in [0.717, 1.165) is 11.1 Å². The van der Waals surface area contributed by atoms with E-state index in [1.807, 2.05) is 24.3 Å². The van der Waals surface area contributed by atoms with E-state index in [9.17, 15) is 4.79 Å². The maximum absolute atomic E-state index is 11.5. The molecule has 0 saturated carbocycles. The fraction of sp³-hybridized carbons (Fsp3) is 0.111. The van der Waals surface area contributed by atoms with Crippen molar-refractivity contribution in [3.8, 4) is 17.1 Å². The summed E-state index contributed by atoms with van der Waals surface area (Å²) in [6.07, 6.45) is 1.63. The van der Waals surface area contributed by atoms with Gasteiger partial charge in [0.15, 0.2) is 5.82 Å². The zero-order chi connectivity index (χ0) is 18.5. The Hall–Kier alpha value is -3.26. The predicted octanol–water partition coefficient (Wildman–Crippen LogP) is 3.29. The third-order valence-corrected chi connectivity index (χ3v) is 3.90. The molecule has 0 aliphatic rings. The predicted molar refractivity (Wildman–Crippen MR) is 100 cm³/mol. The van der Waals surface area contributed by atoms with E-state index in [4.69, 9.17) is 17.0 Å². The Balaban J connectivity index is 1.90. The Morgan fingerprint density at radius 3 is 2.69 bits per heavy atom. The standard InChI is InChI=1S/C18H16N4O3S/c1-24-15-5-3-4-14(10-15)16-20-21-18(26)22(16)19-11-12-6-8-13(9-7-12)17(23)25-2/h3-11H,1-2H3,(H,21,26). The molecule has 1 aromatic heterocycles. The van der Waals surface area contributed by atoms with Crippen molar-refractivity contribution in [3.05, 3.63) is 64.4 Å². The molecule has 1 N–H and O–H groups in total. The van der Waals surface area contributed by atoms with Crippen molar-refractivity contribution in [1.29, 1.82) is 0 Å². The monoisotopic (exact) mass is 368 g/mol. The summed E-state index contributed by atoms with van der Waals surface area (Å²) in [6, 6.07) is 14.3. The van der Waals surface area contributed by atoms with Crippen molar-refractivity contribution in [2.45, 2.75) is 0 Å². The first-order valence-corrected chi connectivity index (χ1v) is 8.08. The van der Waals surface area contributed by atoms with Crippen LogP contribution in [0.5, 0.6) is 5.75 Å². The molecule has 26 heavy (non-hydrogen) atoms. The summed E-state index contributed by atoms with van der Waals surface area (Å²) in [7, 11) is 2.95. The molecular weight excluding hydrogens is 352 g/mol. The van der Waals surface area contributed by atoms with Crippen LogP contribution < -0.4 is 4.74 Å². The number of ether oxygens (including phenoxy) is 2. The number of H-pyrrole nitrogens is 1. The highest BCUT2D eigenvalue weighted by Gasteiger charge is 2.09. The summed E-state index contributed by atoms with van der Waals surface area (Å²) in [5.74, 6) is 0.896. The summed E-state index contributed by atoms with van der Waals surface area (Å²) < 4.78 is 11.8. The molecule has 0 fully saturated rings. The van der Waals surface area contributed by atoms with Crippen molar-refractivity contribution in [3.63, 3.8) is 0 Å². The van der Waals surface area contributed by atoms with E-state index in [1.54, 1.807) is 37.6 Å². The molecule has 1 heterocycles. The van der Waals surface area contributed by atoms with Gasteiger partial charge in [-0.15, -0.1) is 0 Å². The smallest absolute Gasteiger partial charge is 0.337 e. The van der Waals surface area contributed by atoms with E-state index in [-0.39, 0.29) is 5.97 Å². The fourth-order valence-electron chi connectivity index (χ4n) is 2.30. The molecule has 0 spiro atoms. The highest BCUT2D eigenvalue weighted by molar-refractivity contribution is 7.71. The van der Waals surface area contributed by atoms with Crippen LogP contribution in [0.25, 0.3) is 11.4 Å². The number of carbonyl (C=O) groups excluding carboxylic acids is 1. The Kier molecular flexibility index (Phi) is 5.23. The Labute approximate surface area is 154 Å². The van der Waals surface area contributed by atoms with Crippen molar-refractivity contribution in [1.82, 2.24) is 14.9 Å². The number of rotatable bonds is 5. The zero-order valence-corrected chi connectivity index (χ0v) is 15.0. The van der Waals surface area contributed by atoms with Crippen LogP contribution in [0.3, 0.4) is 0 Å². The third-order valence-electron chi connectivity index (χ3n) is 3.63. The minimum absolute atomic E-state index is 0.366. The molecule has 3 rings (SSSR count). The fourth-order valence-corrected chi connectivity index (χ4v) is 2.47. The van der Waals surface area contributed by atoms with E-state index >= 15 is 0 Å². The summed E-state index contributed by atoms with van der Waals surface area (Å²) in [6.45, 7) is 0. The molecule has 0 radical (unpaired) electrons. The highest BCUT2D eigenvalue weighted by Crippen LogP contribution is 2.22. The molecule has 2 aromatic carbocycles. The van der Waals surface area contributed by atoms with E-state index in [1.165, 1.54) is 11.8 Å². The minimum Gasteiger partial charge on any atom is -0.497 e. The number of benzene rings is 2. The molecule has 0 aliphatic carbocycles. The van der Waals surface area contributed by atoms with Crippen LogP contribution in [0.15, 0.2) is 53.6 Å². The van der Waals surface area contributed by atoms with Gasteiger partial charge in [-0.3, -0.25) is 0 Å². The lowest BCUT2D eigenvalue weighted by atomic mass is 10.1. The molecule has 8 heteroatoms. The van der Waals surface area contributed by atoms with E-state index in [0.29, 0.717) is 21.9 Å². The number of aromatic amines is 1. The summed E-state index contributed by atoms with van der Waals surface area (Å²) in [5, 5.41) is 11.4. The van der Waals surface area contributed by atoms with Gasteiger partial charge in [0, 0.05) is 5.56 Å². The molecule has 0 aliphatic heterocycles. The maximum atomic E-state index is 11.5. The van der Waals surface area contributed by atoms with Crippen LogP contribution in [0, 0.1) is 4.77 Å². The van der Waals surface area contributed by atoms with Crippen LogP contribution in [0.1, 0.15) is 15.9 Å². The zero-order valence-electron chi connectivity index (χ0n) is 14.2. The molecule has 0 amide bonds. The number of hydrogen-bond donors (Lipinski definition) is 1. The quantitative estimate of drug-likeness (QED) is 0.425. The van der Waals surface area contributed by atoms with E-state index in [2.05, 4.69) is 20.0 Å². The van der Waals surface area contributed by atoms with Crippen LogP contribution in [0.4, 0.5) is 0 Å². The lowest BCUT2D eigenvalue weighted by molar-refractivity contribution is 0.0600. The number of nitrogens with zero attached hydrogens (tertiary/aromatic N) is 3. The van der Waals surface area contributed by atoms with Crippen LogP contribution in [0.2, 0.25) is 0 Å². The normalized spacial score (nSPS) is 10.8. The van der Waals surface area contributed by atoms with Crippen molar-refractivity contribution in [2.24, 2.45) is 5.10 Å². The van der Waals surface area contributed by atoms with Gasteiger partial charge in [-0.25, -0.2) is 9.89 Å². The summed E-state index contributed by atoms with van der Waals surface area (Å²) in [5.41, 5.74) is 2.09. The molecule has 132 valence electrons. The van der Waals surface area contributed by atoms with Gasteiger partial charge < -0.3 is 9.47 Å². The molecule has 0 atom stereocenters. The number of nitrogens with one attached hydrogen (secondary N) is 1. The first-order valence-electron chi connectivity index (χ1n) is 7.67. The second-order valence-corrected chi connectivity index (χ2v) is 5.64. The average Bonchev–Trinajstić information content (AvgIpc) is 3.06. The Bertz CT molecular complexity index is 1010. The molecule has 0 saturated heterocycles. The van der Waals surface area contributed by atoms with Gasteiger partial charge in [0.2, 0.25) is 4.77 Å². The first kappa shape index (κ1) is 17.6. The lowest BCUT2D eigenvalue weighted by Gasteiger charge is -2.04. The number of aromatic nitrogens is 3. The third kappa shape index (κ3) is 3.70. The van der Waals surface area contributed by atoms with Gasteiger partial charge in [-0.2, -0.15) is 14.9 Å². The van der Waals surface area contributed by atoms with Crippen LogP contribution in [-0.4, -0.2) is 41.3 Å². The highest BCUT2D eigenvalue weighted by atomic mass is 32.1. The Morgan fingerprint density at radius 1 is 1.23 bits per heavy atom. The van der Waals surface area contributed by atoms with E-state index < -0.39 is 0 Å². The van der Waals surface area contributed by atoms with Crippen molar-refractivity contribution in [2.75, 3.05) is 14.2 Å². The second kappa shape index (κ2) is 7.75. The molecule has 3 aromatic rings. The number of carbonyl (C=O) groups is 1. The van der Waals surface area contributed by atoms with Gasteiger partial charge in [0.1, 0.15) is 5.75 Å². The molecule has 0 bridgehead atoms. The second-order valence-electron chi connectivity index (χ2n) is 5.25.